The number of anilines is 1. The van der Waals surface area contributed by atoms with Crippen molar-refractivity contribution in [3.05, 3.63) is 23.9 Å². The third-order valence-corrected chi connectivity index (χ3v) is 6.65. The van der Waals surface area contributed by atoms with Gasteiger partial charge in [-0.25, -0.2) is 4.98 Å². The molecule has 2 heterocycles. The largest absolute Gasteiger partial charge is 0.355 e. The number of hydrogen-bond acceptors (Lipinski definition) is 5. The zero-order valence-corrected chi connectivity index (χ0v) is 22.4. The van der Waals surface area contributed by atoms with E-state index in [9.17, 15) is 4.79 Å². The van der Waals surface area contributed by atoms with Crippen LogP contribution in [0.4, 0.5) is 5.82 Å². The number of aromatic nitrogens is 1. The van der Waals surface area contributed by atoms with E-state index in [1.54, 1.807) is 11.9 Å². The van der Waals surface area contributed by atoms with Gasteiger partial charge in [-0.2, -0.15) is 0 Å². The topological polar surface area (TPSA) is 76.1 Å². The average molecular weight is 558 g/mol. The number of halogens is 1. The number of aliphatic imine (C=N–C) groups is 1. The lowest BCUT2D eigenvalue weighted by atomic mass is 9.84. The summed E-state index contributed by atoms with van der Waals surface area (Å²) in [7, 11) is 5.45. The maximum atomic E-state index is 12.8. The number of carbonyl (C=O) groups is 1. The standard InChI is InChI=1S/C23H39N7O.HI/c1-5-29-12-14-30(15-13-29)20-9-8-19(16-25-20)17-26-22(24-2)27-18-23(10-6-7-11-23)21(31)28(3)4;/h8-9,16H,5-7,10-15,17-18H2,1-4H3,(H2,24,26,27);1H. The normalized spacial score (nSPS) is 18.8. The number of pyridine rings is 1. The van der Waals surface area contributed by atoms with Crippen molar-refractivity contribution in [2.24, 2.45) is 10.4 Å². The number of amides is 1. The van der Waals surface area contributed by atoms with Gasteiger partial charge in [0.05, 0.1) is 5.41 Å². The highest BCUT2D eigenvalue weighted by Crippen LogP contribution is 2.38. The van der Waals surface area contributed by atoms with E-state index in [1.165, 1.54) is 0 Å². The molecule has 1 aliphatic carbocycles. The van der Waals surface area contributed by atoms with Crippen molar-refractivity contribution in [1.29, 1.82) is 0 Å². The molecule has 0 spiro atoms. The molecule has 1 aliphatic heterocycles. The summed E-state index contributed by atoms with van der Waals surface area (Å²) in [6, 6.07) is 4.24. The van der Waals surface area contributed by atoms with E-state index in [1.807, 2.05) is 20.3 Å². The van der Waals surface area contributed by atoms with Gasteiger partial charge in [-0.05, 0) is 31.0 Å². The molecule has 0 unspecified atom stereocenters. The van der Waals surface area contributed by atoms with E-state index in [0.717, 1.165) is 75.7 Å². The van der Waals surface area contributed by atoms with Crippen molar-refractivity contribution in [3.63, 3.8) is 0 Å². The van der Waals surface area contributed by atoms with E-state index in [-0.39, 0.29) is 35.3 Å². The Labute approximate surface area is 210 Å². The van der Waals surface area contributed by atoms with Crippen LogP contribution in [0, 0.1) is 5.41 Å². The maximum Gasteiger partial charge on any atom is 0.230 e. The van der Waals surface area contributed by atoms with Gasteiger partial charge >= 0.3 is 0 Å². The minimum Gasteiger partial charge on any atom is -0.355 e. The van der Waals surface area contributed by atoms with Crippen molar-refractivity contribution in [3.8, 4) is 0 Å². The summed E-state index contributed by atoms with van der Waals surface area (Å²) in [5.74, 6) is 1.98. The molecule has 0 bridgehead atoms. The van der Waals surface area contributed by atoms with E-state index >= 15 is 0 Å². The number of likely N-dealkylation sites (N-methyl/N-ethyl adjacent to an activating group) is 1. The Morgan fingerprint density at radius 3 is 2.38 bits per heavy atom. The molecule has 1 amide bonds. The van der Waals surface area contributed by atoms with Crippen molar-refractivity contribution in [2.45, 2.75) is 39.2 Å². The molecule has 0 aromatic carbocycles. The van der Waals surface area contributed by atoms with Crippen LogP contribution >= 0.6 is 24.0 Å². The third-order valence-electron chi connectivity index (χ3n) is 6.65. The number of nitrogens with one attached hydrogen (secondary N) is 2. The minimum atomic E-state index is -0.313. The van der Waals surface area contributed by atoms with Crippen LogP contribution in [0.25, 0.3) is 0 Å². The molecule has 3 rings (SSSR count). The molecule has 2 aliphatic rings. The number of rotatable bonds is 7. The van der Waals surface area contributed by atoms with E-state index in [0.29, 0.717) is 13.1 Å². The van der Waals surface area contributed by atoms with Crippen LogP contribution < -0.4 is 15.5 Å². The van der Waals surface area contributed by atoms with Gasteiger partial charge in [-0.3, -0.25) is 9.79 Å². The molecular formula is C23H40IN7O. The molecular weight excluding hydrogens is 517 g/mol. The molecule has 1 saturated heterocycles. The summed E-state index contributed by atoms with van der Waals surface area (Å²) in [5, 5.41) is 6.75. The Kier molecular flexibility index (Phi) is 10.5. The summed E-state index contributed by atoms with van der Waals surface area (Å²) in [4.78, 5) is 28.3. The Morgan fingerprint density at radius 2 is 1.84 bits per heavy atom. The van der Waals surface area contributed by atoms with E-state index in [2.05, 4.69) is 49.5 Å². The lowest BCUT2D eigenvalue weighted by molar-refractivity contribution is -0.138. The number of carbonyl (C=O) groups excluding carboxylic acids is 1. The molecule has 1 aromatic heterocycles. The van der Waals surface area contributed by atoms with Crippen LogP contribution in [0.3, 0.4) is 0 Å². The summed E-state index contributed by atoms with van der Waals surface area (Å²) < 4.78 is 0. The summed E-state index contributed by atoms with van der Waals surface area (Å²) >= 11 is 0. The smallest absolute Gasteiger partial charge is 0.230 e. The first-order valence-electron chi connectivity index (χ1n) is 11.6. The second-order valence-electron chi connectivity index (χ2n) is 8.91. The molecule has 2 fully saturated rings. The van der Waals surface area contributed by atoms with Crippen LogP contribution in [-0.4, -0.2) is 87.1 Å². The lowest BCUT2D eigenvalue weighted by Gasteiger charge is -2.34. The van der Waals surface area contributed by atoms with Crippen LogP contribution in [0.5, 0.6) is 0 Å². The van der Waals surface area contributed by atoms with Gasteiger partial charge in [0.2, 0.25) is 5.91 Å². The van der Waals surface area contributed by atoms with Crippen molar-refractivity contribution >= 4 is 41.7 Å². The molecule has 1 saturated carbocycles. The average Bonchev–Trinajstić information content (AvgIpc) is 3.29. The fourth-order valence-corrected chi connectivity index (χ4v) is 4.65. The monoisotopic (exact) mass is 557 g/mol. The third kappa shape index (κ3) is 6.69. The first-order valence-corrected chi connectivity index (χ1v) is 11.6. The summed E-state index contributed by atoms with van der Waals surface area (Å²) in [6.45, 7) is 8.85. The van der Waals surface area contributed by atoms with Crippen LogP contribution in [0.1, 0.15) is 38.2 Å². The van der Waals surface area contributed by atoms with Crippen LogP contribution in [0.15, 0.2) is 23.3 Å². The molecule has 9 heteroatoms. The highest BCUT2D eigenvalue weighted by atomic mass is 127. The molecule has 180 valence electrons. The number of guanidine groups is 1. The fourth-order valence-electron chi connectivity index (χ4n) is 4.65. The second-order valence-corrected chi connectivity index (χ2v) is 8.91. The summed E-state index contributed by atoms with van der Waals surface area (Å²) in [6.07, 6.45) is 6.03. The van der Waals surface area contributed by atoms with Crippen LogP contribution in [0.2, 0.25) is 0 Å². The highest BCUT2D eigenvalue weighted by Gasteiger charge is 2.42. The first-order chi connectivity index (χ1) is 15.0. The molecule has 8 nitrogen and oxygen atoms in total. The van der Waals surface area contributed by atoms with Gasteiger partial charge < -0.3 is 25.3 Å². The Morgan fingerprint density at radius 1 is 1.16 bits per heavy atom. The molecule has 0 radical (unpaired) electrons. The molecule has 1 aromatic rings. The second kappa shape index (κ2) is 12.6. The van der Waals surface area contributed by atoms with Gasteiger partial charge in [-0.15, -0.1) is 24.0 Å². The lowest BCUT2D eigenvalue weighted by Crippen LogP contribution is -2.49. The first kappa shape index (κ1) is 26.6. The van der Waals surface area contributed by atoms with Gasteiger partial charge in [-0.1, -0.05) is 25.8 Å². The minimum absolute atomic E-state index is 0. The zero-order valence-electron chi connectivity index (χ0n) is 20.1. The quantitative estimate of drug-likeness (QED) is 0.304. The van der Waals surface area contributed by atoms with Crippen molar-refractivity contribution in [2.75, 3.05) is 65.3 Å². The van der Waals surface area contributed by atoms with Gasteiger partial charge in [0, 0.05) is 66.6 Å². The van der Waals surface area contributed by atoms with Gasteiger partial charge in [0.15, 0.2) is 5.96 Å². The number of hydrogen-bond donors (Lipinski definition) is 2. The van der Waals surface area contributed by atoms with Gasteiger partial charge in [0.1, 0.15) is 5.82 Å². The predicted octanol–water partition coefficient (Wildman–Crippen LogP) is 2.16. The van der Waals surface area contributed by atoms with Crippen molar-refractivity contribution < 1.29 is 4.79 Å². The summed E-state index contributed by atoms with van der Waals surface area (Å²) in [5.41, 5.74) is 0.797. The predicted molar refractivity (Wildman–Crippen MR) is 142 cm³/mol. The number of nitrogens with zero attached hydrogens (tertiary/aromatic N) is 5. The van der Waals surface area contributed by atoms with Crippen LogP contribution in [-0.2, 0) is 11.3 Å². The Hall–Kier alpha value is -1.62. The maximum absolute atomic E-state index is 12.8. The highest BCUT2D eigenvalue weighted by molar-refractivity contribution is 14.0. The van der Waals surface area contributed by atoms with E-state index in [4.69, 9.17) is 0 Å². The molecule has 0 atom stereocenters. The molecule has 2 N–H and O–H groups in total. The Bertz CT molecular complexity index is 739. The van der Waals surface area contributed by atoms with Crippen molar-refractivity contribution in [1.82, 2.24) is 25.4 Å². The SMILES string of the molecule is CCN1CCN(c2ccc(CNC(=NC)NCC3(C(=O)N(C)C)CCCC3)cn2)CC1.I. The fraction of sp³-hybridized carbons (Fsp3) is 0.696. The van der Waals surface area contributed by atoms with Gasteiger partial charge in [0.25, 0.3) is 0 Å². The zero-order chi connectivity index (χ0) is 22.3. The van der Waals surface area contributed by atoms with E-state index < -0.39 is 0 Å². The Balaban J connectivity index is 0.00000363. The molecule has 32 heavy (non-hydrogen) atoms. The number of piperazine rings is 1.